The summed E-state index contributed by atoms with van der Waals surface area (Å²) in [6.07, 6.45) is 2.67. The Balaban J connectivity index is 0.00000156. The van der Waals surface area contributed by atoms with Crippen LogP contribution in [-0.4, -0.2) is 27.0 Å². The Bertz CT molecular complexity index is 849. The Kier molecular flexibility index (Phi) is 7.17. The predicted molar refractivity (Wildman–Crippen MR) is 103 cm³/mol. The van der Waals surface area contributed by atoms with Gasteiger partial charge in [-0.15, -0.1) is 29.9 Å². The fourth-order valence-corrected chi connectivity index (χ4v) is 2.37. The van der Waals surface area contributed by atoms with Crippen LogP contribution in [0.2, 0.25) is 0 Å². The molecule has 7 nitrogen and oxygen atoms in total. The summed E-state index contributed by atoms with van der Waals surface area (Å²) in [5.74, 6) is 6.22. The molecule has 1 aromatic carbocycles. The number of aromatic nitrogens is 3. The van der Waals surface area contributed by atoms with Crippen molar-refractivity contribution in [2.75, 3.05) is 11.6 Å². The molecule has 0 unspecified atom stereocenters. The maximum Gasteiger partial charge on any atom is 0.248 e. The van der Waals surface area contributed by atoms with Gasteiger partial charge < -0.3 is 5.73 Å². The first kappa shape index (κ1) is 20.7. The van der Waals surface area contributed by atoms with Crippen molar-refractivity contribution in [1.82, 2.24) is 14.6 Å². The molecule has 3 rings (SSSR count). The van der Waals surface area contributed by atoms with Gasteiger partial charge in [0.1, 0.15) is 0 Å². The molecule has 0 aliphatic rings. The number of halogens is 2. The molecular weight excluding hydrogens is 363 g/mol. The zero-order chi connectivity index (χ0) is 16.4. The first-order valence-electron chi connectivity index (χ1n) is 7.37. The van der Waals surface area contributed by atoms with E-state index in [1.807, 2.05) is 24.3 Å². The number of rotatable bonds is 5. The van der Waals surface area contributed by atoms with E-state index in [1.165, 1.54) is 0 Å². The Labute approximate surface area is 157 Å². The molecule has 0 spiro atoms. The normalized spacial score (nSPS) is 10.0. The van der Waals surface area contributed by atoms with E-state index in [4.69, 9.17) is 11.6 Å². The molecule has 134 valence electrons. The second-order valence-corrected chi connectivity index (χ2v) is 5.24. The van der Waals surface area contributed by atoms with E-state index >= 15 is 0 Å². The third kappa shape index (κ3) is 4.19. The molecule has 0 radical (unpaired) electrons. The van der Waals surface area contributed by atoms with Gasteiger partial charge in [-0.25, -0.2) is 15.3 Å². The van der Waals surface area contributed by atoms with Gasteiger partial charge in [0.25, 0.3) is 0 Å². The molecule has 2 aromatic heterocycles. The lowest BCUT2D eigenvalue weighted by molar-refractivity contribution is 0.100. The maximum atomic E-state index is 11.2. The largest absolute Gasteiger partial charge is 0.366 e. The molecule has 25 heavy (non-hydrogen) atoms. The highest BCUT2D eigenvalue weighted by molar-refractivity contribution is 5.93. The van der Waals surface area contributed by atoms with E-state index in [1.54, 1.807) is 27.9 Å². The summed E-state index contributed by atoms with van der Waals surface area (Å²) in [6.45, 7) is 2.77. The maximum absolute atomic E-state index is 11.2. The molecule has 2 heterocycles. The molecule has 1 amide bonds. The van der Waals surface area contributed by atoms with Crippen LogP contribution in [0.4, 0.5) is 5.82 Å². The second kappa shape index (κ2) is 8.66. The summed E-state index contributed by atoms with van der Waals surface area (Å²) >= 11 is 0. The average molecular weight is 383 g/mol. The van der Waals surface area contributed by atoms with Crippen molar-refractivity contribution in [3.8, 4) is 11.3 Å². The van der Waals surface area contributed by atoms with Crippen LogP contribution in [-0.2, 0) is 0 Å². The minimum Gasteiger partial charge on any atom is -0.366 e. The molecule has 0 aliphatic heterocycles. The Morgan fingerprint density at radius 2 is 1.84 bits per heavy atom. The van der Waals surface area contributed by atoms with E-state index < -0.39 is 5.91 Å². The highest BCUT2D eigenvalue weighted by Crippen LogP contribution is 2.21. The van der Waals surface area contributed by atoms with E-state index in [0.29, 0.717) is 11.4 Å². The number of amides is 1. The summed E-state index contributed by atoms with van der Waals surface area (Å²) in [7, 11) is 0. The van der Waals surface area contributed by atoms with Crippen LogP contribution in [0.15, 0.2) is 42.6 Å². The number of imidazole rings is 1. The topological polar surface area (TPSA) is 103 Å². The van der Waals surface area contributed by atoms with Crippen LogP contribution in [0.5, 0.6) is 0 Å². The monoisotopic (exact) mass is 382 g/mol. The van der Waals surface area contributed by atoms with Crippen molar-refractivity contribution in [3.63, 3.8) is 0 Å². The minimum absolute atomic E-state index is 0. The quantitative estimate of drug-likeness (QED) is 0.520. The van der Waals surface area contributed by atoms with E-state index in [2.05, 4.69) is 17.0 Å². The fraction of sp³-hybridized carbons (Fsp3) is 0.188. The summed E-state index contributed by atoms with van der Waals surface area (Å²) in [5.41, 5.74) is 8.18. The molecule has 0 fully saturated rings. The summed E-state index contributed by atoms with van der Waals surface area (Å²) in [6, 6.07) is 10.7. The molecule has 0 saturated heterocycles. The lowest BCUT2D eigenvalue weighted by Crippen LogP contribution is -2.32. The van der Waals surface area contributed by atoms with Crippen molar-refractivity contribution in [1.29, 1.82) is 0 Å². The van der Waals surface area contributed by atoms with Crippen LogP contribution < -0.4 is 16.6 Å². The third-order valence-electron chi connectivity index (χ3n) is 3.57. The van der Waals surface area contributed by atoms with E-state index in [-0.39, 0.29) is 24.8 Å². The lowest BCUT2D eigenvalue weighted by Gasteiger charge is -2.16. The molecule has 0 aliphatic carbocycles. The van der Waals surface area contributed by atoms with Gasteiger partial charge >= 0.3 is 0 Å². The highest BCUT2D eigenvalue weighted by atomic mass is 35.5. The number of nitrogens with two attached hydrogens (primary N) is 2. The number of hydrogen-bond acceptors (Lipinski definition) is 5. The van der Waals surface area contributed by atoms with Crippen molar-refractivity contribution in [3.05, 3.63) is 48.2 Å². The number of anilines is 1. The van der Waals surface area contributed by atoms with E-state index in [9.17, 15) is 4.79 Å². The molecular formula is C16H20Cl2N6O. The first-order chi connectivity index (χ1) is 11.1. The Hall–Kier alpha value is -2.35. The number of benzene rings is 1. The van der Waals surface area contributed by atoms with Gasteiger partial charge in [0.15, 0.2) is 11.5 Å². The van der Waals surface area contributed by atoms with Crippen molar-refractivity contribution in [2.24, 2.45) is 11.6 Å². The average Bonchev–Trinajstić information content (AvgIpc) is 2.98. The van der Waals surface area contributed by atoms with Gasteiger partial charge in [-0.2, -0.15) is 0 Å². The smallest absolute Gasteiger partial charge is 0.248 e. The molecule has 0 bridgehead atoms. The van der Waals surface area contributed by atoms with Crippen LogP contribution in [0.25, 0.3) is 16.9 Å². The number of hydrogen-bond donors (Lipinski definition) is 2. The summed E-state index contributed by atoms with van der Waals surface area (Å²) in [4.78, 5) is 15.5. The minimum atomic E-state index is -0.451. The number of nitrogens with zero attached hydrogens (tertiary/aromatic N) is 4. The van der Waals surface area contributed by atoms with Crippen molar-refractivity contribution < 1.29 is 4.79 Å². The van der Waals surface area contributed by atoms with Crippen LogP contribution in [0.1, 0.15) is 23.7 Å². The molecule has 0 atom stereocenters. The SMILES string of the molecule is CCCN(N)c1ccc2ncc(-c3ccc(C(N)=O)cc3)n2n1.Cl.Cl. The van der Waals surface area contributed by atoms with E-state index in [0.717, 1.165) is 29.9 Å². The fourth-order valence-electron chi connectivity index (χ4n) is 2.37. The van der Waals surface area contributed by atoms with Crippen molar-refractivity contribution in [2.45, 2.75) is 13.3 Å². The molecule has 0 saturated carbocycles. The lowest BCUT2D eigenvalue weighted by atomic mass is 10.1. The Morgan fingerprint density at radius 3 is 2.44 bits per heavy atom. The zero-order valence-corrected chi connectivity index (χ0v) is 15.3. The number of carbonyl (C=O) groups excluding carboxylic acids is 1. The number of fused-ring (bicyclic) bond motifs is 1. The Morgan fingerprint density at radius 1 is 1.16 bits per heavy atom. The van der Waals surface area contributed by atoms with Crippen LogP contribution in [0.3, 0.4) is 0 Å². The molecule has 3 aromatic rings. The second-order valence-electron chi connectivity index (χ2n) is 5.24. The van der Waals surface area contributed by atoms with Gasteiger partial charge in [0.2, 0.25) is 5.91 Å². The number of carbonyl (C=O) groups is 1. The zero-order valence-electron chi connectivity index (χ0n) is 13.6. The van der Waals surface area contributed by atoms with Crippen LogP contribution >= 0.6 is 24.8 Å². The highest BCUT2D eigenvalue weighted by Gasteiger charge is 2.10. The first-order valence-corrected chi connectivity index (χ1v) is 7.37. The standard InChI is InChI=1S/C16H18N6O.2ClH/c1-2-9-21(18)15-8-7-14-19-10-13(22(14)20-15)11-3-5-12(6-4-11)16(17)23;;/h3-8,10H,2,9,18H2,1H3,(H2,17,23);2*1H. The van der Waals surface area contributed by atoms with Gasteiger partial charge in [0.05, 0.1) is 11.9 Å². The third-order valence-corrected chi connectivity index (χ3v) is 3.57. The summed E-state index contributed by atoms with van der Waals surface area (Å²) in [5, 5.41) is 6.16. The van der Waals surface area contributed by atoms with Crippen molar-refractivity contribution >= 4 is 42.2 Å². The molecule has 4 N–H and O–H groups in total. The summed E-state index contributed by atoms with van der Waals surface area (Å²) < 4.78 is 1.74. The number of hydrazine groups is 1. The number of primary amides is 1. The molecule has 9 heteroatoms. The van der Waals surface area contributed by atoms with Gasteiger partial charge in [-0.1, -0.05) is 19.1 Å². The van der Waals surface area contributed by atoms with Gasteiger partial charge in [-0.05, 0) is 30.7 Å². The van der Waals surface area contributed by atoms with Gasteiger partial charge in [-0.3, -0.25) is 9.80 Å². The van der Waals surface area contributed by atoms with Crippen LogP contribution in [0, 0.1) is 0 Å². The predicted octanol–water partition coefficient (Wildman–Crippen LogP) is 2.43. The van der Waals surface area contributed by atoms with Gasteiger partial charge in [0, 0.05) is 17.7 Å².